The smallest absolute Gasteiger partial charge is 0.244 e. The summed E-state index contributed by atoms with van der Waals surface area (Å²) in [5, 5.41) is 0. The van der Waals surface area contributed by atoms with E-state index in [0.29, 0.717) is 11.0 Å². The highest BCUT2D eigenvalue weighted by Crippen LogP contribution is 2.25. The average molecular weight is 319 g/mol. The van der Waals surface area contributed by atoms with Crippen molar-refractivity contribution in [3.05, 3.63) is 22.9 Å². The molecule has 94 valence electrons. The summed E-state index contributed by atoms with van der Waals surface area (Å²) in [4.78, 5) is 4.18. The van der Waals surface area contributed by atoms with Gasteiger partial charge in [-0.1, -0.05) is 6.42 Å². The lowest BCUT2D eigenvalue weighted by Crippen LogP contribution is -2.41. The molecule has 0 bridgehead atoms. The normalized spacial score (nSPS) is 22.6. The standard InChI is InChI=1S/C11H15BrN2O2S/c1-9-4-2-3-5-14(9)17(15,16)11-6-10(12)7-13-8-11/h6-9H,2-5H2,1H3. The van der Waals surface area contributed by atoms with E-state index in [9.17, 15) is 8.42 Å². The van der Waals surface area contributed by atoms with Crippen LogP contribution in [0.4, 0.5) is 0 Å². The molecule has 0 radical (unpaired) electrons. The van der Waals surface area contributed by atoms with Gasteiger partial charge >= 0.3 is 0 Å². The van der Waals surface area contributed by atoms with Crippen molar-refractivity contribution in [3.63, 3.8) is 0 Å². The van der Waals surface area contributed by atoms with Crippen molar-refractivity contribution in [1.82, 2.24) is 9.29 Å². The molecule has 1 unspecified atom stereocenters. The molecule has 0 aromatic carbocycles. The molecule has 2 heterocycles. The molecule has 1 fully saturated rings. The fourth-order valence-corrected chi connectivity index (χ4v) is 4.30. The van der Waals surface area contributed by atoms with E-state index in [2.05, 4.69) is 20.9 Å². The lowest BCUT2D eigenvalue weighted by atomic mass is 10.1. The first-order chi connectivity index (χ1) is 8.01. The van der Waals surface area contributed by atoms with Crippen LogP contribution in [0.2, 0.25) is 0 Å². The third kappa shape index (κ3) is 2.69. The number of piperidine rings is 1. The Bertz CT molecular complexity index is 504. The molecule has 1 aromatic rings. The van der Waals surface area contributed by atoms with Crippen molar-refractivity contribution >= 4 is 26.0 Å². The zero-order valence-corrected chi connectivity index (χ0v) is 12.0. The number of aromatic nitrogens is 1. The van der Waals surface area contributed by atoms with Crippen molar-refractivity contribution in [2.24, 2.45) is 0 Å². The van der Waals surface area contributed by atoms with Crippen LogP contribution in [0, 0.1) is 0 Å². The predicted molar refractivity (Wildman–Crippen MR) is 69.1 cm³/mol. The van der Waals surface area contributed by atoms with E-state index in [1.807, 2.05) is 6.92 Å². The van der Waals surface area contributed by atoms with Crippen LogP contribution in [0.5, 0.6) is 0 Å². The summed E-state index contributed by atoms with van der Waals surface area (Å²) in [5.41, 5.74) is 0. The zero-order chi connectivity index (χ0) is 12.5. The van der Waals surface area contributed by atoms with Gasteiger partial charge in [-0.3, -0.25) is 4.98 Å². The van der Waals surface area contributed by atoms with E-state index in [1.165, 1.54) is 6.20 Å². The van der Waals surface area contributed by atoms with Gasteiger partial charge in [0.2, 0.25) is 10.0 Å². The summed E-state index contributed by atoms with van der Waals surface area (Å²) >= 11 is 3.25. The number of nitrogens with zero attached hydrogens (tertiary/aromatic N) is 2. The highest BCUT2D eigenvalue weighted by molar-refractivity contribution is 9.10. The van der Waals surface area contributed by atoms with E-state index in [0.717, 1.165) is 19.3 Å². The van der Waals surface area contributed by atoms with E-state index in [1.54, 1.807) is 16.6 Å². The lowest BCUT2D eigenvalue weighted by Gasteiger charge is -2.32. The Kier molecular flexibility index (Phi) is 3.85. The molecule has 1 aliphatic heterocycles. The Labute approximate surface area is 110 Å². The van der Waals surface area contributed by atoms with Gasteiger partial charge in [0, 0.05) is 29.5 Å². The van der Waals surface area contributed by atoms with E-state index in [4.69, 9.17) is 0 Å². The fourth-order valence-electron chi connectivity index (χ4n) is 2.10. The van der Waals surface area contributed by atoms with Crippen LogP contribution < -0.4 is 0 Å². The maximum atomic E-state index is 12.4. The molecule has 2 rings (SSSR count). The van der Waals surface area contributed by atoms with Gasteiger partial charge in [-0.05, 0) is 41.8 Å². The van der Waals surface area contributed by atoms with Gasteiger partial charge in [-0.15, -0.1) is 0 Å². The molecule has 1 atom stereocenters. The molecule has 1 aromatic heterocycles. The topological polar surface area (TPSA) is 50.3 Å². The minimum absolute atomic E-state index is 0.0766. The molecule has 0 N–H and O–H groups in total. The maximum Gasteiger partial charge on any atom is 0.244 e. The second-order valence-electron chi connectivity index (χ2n) is 4.30. The third-order valence-corrected chi connectivity index (χ3v) is 5.44. The maximum absolute atomic E-state index is 12.4. The van der Waals surface area contributed by atoms with Gasteiger partial charge in [-0.2, -0.15) is 4.31 Å². The van der Waals surface area contributed by atoms with Crippen LogP contribution in [0.1, 0.15) is 26.2 Å². The van der Waals surface area contributed by atoms with Crippen LogP contribution in [0.15, 0.2) is 27.8 Å². The van der Waals surface area contributed by atoms with Crippen molar-refractivity contribution in [3.8, 4) is 0 Å². The first-order valence-electron chi connectivity index (χ1n) is 5.64. The molecule has 1 saturated heterocycles. The minimum atomic E-state index is -3.39. The molecular formula is C11H15BrN2O2S. The van der Waals surface area contributed by atoms with Crippen molar-refractivity contribution in [2.45, 2.75) is 37.1 Å². The quantitative estimate of drug-likeness (QED) is 0.841. The summed E-state index contributed by atoms with van der Waals surface area (Å²) in [6.45, 7) is 2.57. The number of halogens is 1. The summed E-state index contributed by atoms with van der Waals surface area (Å²) in [6, 6.07) is 1.68. The third-order valence-electron chi connectivity index (χ3n) is 3.03. The molecule has 6 heteroatoms. The molecule has 0 spiro atoms. The number of pyridine rings is 1. The van der Waals surface area contributed by atoms with Gasteiger partial charge in [-0.25, -0.2) is 8.42 Å². The predicted octanol–water partition coefficient (Wildman–Crippen LogP) is 2.41. The molecule has 1 aliphatic rings. The first kappa shape index (κ1) is 13.0. The summed E-state index contributed by atoms with van der Waals surface area (Å²) in [7, 11) is -3.39. The second-order valence-corrected chi connectivity index (χ2v) is 7.11. The highest BCUT2D eigenvalue weighted by atomic mass is 79.9. The molecule has 0 saturated carbocycles. The monoisotopic (exact) mass is 318 g/mol. The number of rotatable bonds is 2. The molecule has 17 heavy (non-hydrogen) atoms. The van der Waals surface area contributed by atoms with Crippen LogP contribution in [-0.4, -0.2) is 30.3 Å². The number of sulfonamides is 1. The van der Waals surface area contributed by atoms with E-state index < -0.39 is 10.0 Å². The molecule has 4 nitrogen and oxygen atoms in total. The van der Waals surface area contributed by atoms with Crippen LogP contribution in [0.25, 0.3) is 0 Å². The largest absolute Gasteiger partial charge is 0.262 e. The van der Waals surface area contributed by atoms with E-state index in [-0.39, 0.29) is 10.9 Å². The Morgan fingerprint density at radius 2 is 2.18 bits per heavy atom. The number of hydrogen-bond donors (Lipinski definition) is 0. The van der Waals surface area contributed by atoms with Gasteiger partial charge in [0.25, 0.3) is 0 Å². The lowest BCUT2D eigenvalue weighted by molar-refractivity contribution is 0.268. The Morgan fingerprint density at radius 1 is 1.41 bits per heavy atom. The van der Waals surface area contributed by atoms with E-state index >= 15 is 0 Å². The SMILES string of the molecule is CC1CCCCN1S(=O)(=O)c1cncc(Br)c1. The van der Waals surface area contributed by atoms with Gasteiger partial charge in [0.15, 0.2) is 0 Å². The summed E-state index contributed by atoms with van der Waals surface area (Å²) < 4.78 is 27.1. The van der Waals surface area contributed by atoms with Crippen LogP contribution in [0.3, 0.4) is 0 Å². The van der Waals surface area contributed by atoms with Crippen molar-refractivity contribution in [2.75, 3.05) is 6.54 Å². The zero-order valence-electron chi connectivity index (χ0n) is 9.63. The average Bonchev–Trinajstić information content (AvgIpc) is 2.29. The Morgan fingerprint density at radius 3 is 2.82 bits per heavy atom. The minimum Gasteiger partial charge on any atom is -0.262 e. The summed E-state index contributed by atoms with van der Waals surface area (Å²) in [5.74, 6) is 0. The molecular weight excluding hydrogens is 304 g/mol. The van der Waals surface area contributed by atoms with Crippen molar-refractivity contribution < 1.29 is 8.42 Å². The van der Waals surface area contributed by atoms with Gasteiger partial charge < -0.3 is 0 Å². The first-order valence-corrected chi connectivity index (χ1v) is 7.87. The molecule has 0 amide bonds. The molecule has 0 aliphatic carbocycles. The van der Waals surface area contributed by atoms with Crippen LogP contribution >= 0.6 is 15.9 Å². The van der Waals surface area contributed by atoms with Gasteiger partial charge in [0.1, 0.15) is 4.90 Å². The van der Waals surface area contributed by atoms with Gasteiger partial charge in [0.05, 0.1) is 0 Å². The Hall–Kier alpha value is -0.460. The van der Waals surface area contributed by atoms with Crippen LogP contribution in [-0.2, 0) is 10.0 Å². The Balaban J connectivity index is 2.35. The number of hydrogen-bond acceptors (Lipinski definition) is 3. The highest BCUT2D eigenvalue weighted by Gasteiger charge is 2.31. The summed E-state index contributed by atoms with van der Waals surface area (Å²) in [6.07, 6.45) is 5.95. The van der Waals surface area contributed by atoms with Crippen molar-refractivity contribution in [1.29, 1.82) is 0 Å². The fraction of sp³-hybridized carbons (Fsp3) is 0.545. The second kappa shape index (κ2) is 5.04.